The number of hydrogen-bond acceptors (Lipinski definition) is 4. The zero-order valence-electron chi connectivity index (χ0n) is 24.4. The van der Waals surface area contributed by atoms with Crippen LogP contribution in [0.3, 0.4) is 0 Å². The van der Waals surface area contributed by atoms with E-state index in [4.69, 9.17) is 5.26 Å². The summed E-state index contributed by atoms with van der Waals surface area (Å²) in [5, 5.41) is 17.4. The molecule has 0 saturated carbocycles. The Morgan fingerprint density at radius 3 is 1.93 bits per heavy atom. The number of allylic oxidation sites excluding steroid dienone is 5. The number of hydrazone groups is 1. The highest BCUT2D eigenvalue weighted by Gasteiger charge is 2.10. The number of halogens is 2. The largest absolute Gasteiger partial charge is 0.359 e. The number of carbonyl (C=O) groups is 1. The highest BCUT2D eigenvalue weighted by atomic mass is 19.1. The van der Waals surface area contributed by atoms with Crippen LogP contribution in [0.25, 0.3) is 5.70 Å². The van der Waals surface area contributed by atoms with Crippen LogP contribution in [0.5, 0.6) is 0 Å². The van der Waals surface area contributed by atoms with Crippen molar-refractivity contribution in [2.75, 3.05) is 13.1 Å². The Hall–Kier alpha value is -4.31. The molecule has 2 rings (SSSR count). The third-order valence-electron chi connectivity index (χ3n) is 5.17. The van der Waals surface area contributed by atoms with E-state index in [1.165, 1.54) is 29.8 Å². The molecule has 2 aromatic rings. The van der Waals surface area contributed by atoms with Gasteiger partial charge in [0, 0.05) is 13.1 Å². The summed E-state index contributed by atoms with van der Waals surface area (Å²) in [7, 11) is 0. The molecule has 2 aromatic carbocycles. The summed E-state index contributed by atoms with van der Waals surface area (Å²) >= 11 is 0. The van der Waals surface area contributed by atoms with Crippen LogP contribution in [0.1, 0.15) is 65.0 Å². The van der Waals surface area contributed by atoms with Crippen LogP contribution in [-0.4, -0.2) is 30.2 Å². The number of hydrogen-bond donors (Lipinski definition) is 1. The lowest BCUT2D eigenvalue weighted by Gasteiger charge is -2.22. The van der Waals surface area contributed by atoms with Gasteiger partial charge in [-0.3, -0.25) is 9.80 Å². The second-order valence-corrected chi connectivity index (χ2v) is 8.88. The van der Waals surface area contributed by atoms with Crippen molar-refractivity contribution < 1.29 is 13.6 Å². The van der Waals surface area contributed by atoms with E-state index in [0.717, 1.165) is 42.6 Å². The molecule has 0 fully saturated rings. The Morgan fingerprint density at radius 2 is 1.52 bits per heavy atom. The maximum Gasteiger partial charge on any atom is 0.207 e. The fourth-order valence-electron chi connectivity index (χ4n) is 2.89. The van der Waals surface area contributed by atoms with E-state index in [1.54, 1.807) is 36.4 Å². The van der Waals surface area contributed by atoms with Crippen LogP contribution in [-0.2, 0) is 4.79 Å². The van der Waals surface area contributed by atoms with E-state index in [2.05, 4.69) is 30.5 Å². The molecule has 0 saturated heterocycles. The minimum absolute atomic E-state index is 0.273. The second-order valence-electron chi connectivity index (χ2n) is 8.88. The third-order valence-corrected chi connectivity index (χ3v) is 5.17. The standard InChI is InChI=1S/C20H22F2N2.C9H11N.C4H9NO/c1-4-5-14-24(16(3)18-8-12-20(22)13-9-18)23-15(2)17-6-10-19(21)11-7-17;1-4-9(7-10)6-5-8(2)3;1-2-3-5-4-6/h6-13H,3-5,14H2,1-2H3;4-6H,1H2,2-3H3;4H,2-3H2,1H3,(H,5,6)/b23-15+;9-6+;. The molecule has 40 heavy (non-hydrogen) atoms. The number of nitriles is 1. The summed E-state index contributed by atoms with van der Waals surface area (Å²) in [6, 6.07) is 14.5. The molecule has 0 aromatic heterocycles. The Kier molecular flexibility index (Phi) is 19.3. The predicted octanol–water partition coefficient (Wildman–Crippen LogP) is 8.19. The number of nitrogens with one attached hydrogen (secondary N) is 1. The van der Waals surface area contributed by atoms with E-state index in [-0.39, 0.29) is 11.6 Å². The summed E-state index contributed by atoms with van der Waals surface area (Å²) in [5.41, 5.74) is 4.93. The monoisotopic (exact) mass is 548 g/mol. The Labute approximate surface area is 238 Å². The molecule has 0 heterocycles. The van der Waals surface area contributed by atoms with Gasteiger partial charge in [0.05, 0.1) is 23.1 Å². The third kappa shape index (κ3) is 15.8. The maximum atomic E-state index is 13.1. The topological polar surface area (TPSA) is 68.5 Å². The van der Waals surface area contributed by atoms with Gasteiger partial charge in [-0.2, -0.15) is 10.4 Å². The normalized spacial score (nSPS) is 10.4. The molecule has 0 aliphatic rings. The predicted molar refractivity (Wildman–Crippen MR) is 163 cm³/mol. The fourth-order valence-corrected chi connectivity index (χ4v) is 2.89. The van der Waals surface area contributed by atoms with Gasteiger partial charge in [0.25, 0.3) is 0 Å². The molecule has 0 unspecified atom stereocenters. The zero-order valence-corrected chi connectivity index (χ0v) is 24.4. The van der Waals surface area contributed by atoms with Crippen molar-refractivity contribution in [2.45, 2.75) is 53.9 Å². The molecule has 214 valence electrons. The molecule has 0 aliphatic carbocycles. The van der Waals surface area contributed by atoms with Crippen molar-refractivity contribution in [2.24, 2.45) is 5.10 Å². The van der Waals surface area contributed by atoms with Crippen LogP contribution in [0, 0.1) is 23.0 Å². The van der Waals surface area contributed by atoms with E-state index in [1.807, 2.05) is 44.8 Å². The summed E-state index contributed by atoms with van der Waals surface area (Å²) in [6.45, 7) is 19.1. The molecular weight excluding hydrogens is 506 g/mol. The fraction of sp³-hybridized carbons (Fsp3) is 0.303. The first-order valence-corrected chi connectivity index (χ1v) is 13.2. The molecule has 5 nitrogen and oxygen atoms in total. The lowest BCUT2D eigenvalue weighted by molar-refractivity contribution is -0.109. The Bertz CT molecular complexity index is 1170. The molecule has 0 aliphatic heterocycles. The first-order chi connectivity index (χ1) is 19.1. The van der Waals surface area contributed by atoms with Crippen molar-refractivity contribution in [3.63, 3.8) is 0 Å². The van der Waals surface area contributed by atoms with Gasteiger partial charge in [0.2, 0.25) is 6.41 Å². The number of amides is 1. The van der Waals surface area contributed by atoms with Crippen molar-refractivity contribution in [1.29, 1.82) is 5.26 Å². The van der Waals surface area contributed by atoms with Gasteiger partial charge in [-0.25, -0.2) is 8.78 Å². The smallest absolute Gasteiger partial charge is 0.207 e. The van der Waals surface area contributed by atoms with Gasteiger partial charge < -0.3 is 5.32 Å². The minimum atomic E-state index is -0.280. The van der Waals surface area contributed by atoms with Crippen molar-refractivity contribution in [3.05, 3.63) is 114 Å². The van der Waals surface area contributed by atoms with E-state index >= 15 is 0 Å². The minimum Gasteiger partial charge on any atom is -0.359 e. The van der Waals surface area contributed by atoms with Crippen molar-refractivity contribution in [1.82, 2.24) is 10.3 Å². The summed E-state index contributed by atoms with van der Waals surface area (Å²) in [6.07, 6.45) is 8.89. The highest BCUT2D eigenvalue weighted by Crippen LogP contribution is 2.20. The van der Waals surface area contributed by atoms with Crippen LogP contribution in [0.2, 0.25) is 0 Å². The zero-order chi connectivity index (χ0) is 30.3. The first kappa shape index (κ1) is 35.7. The van der Waals surface area contributed by atoms with Crippen LogP contribution in [0.4, 0.5) is 8.78 Å². The molecule has 1 N–H and O–H groups in total. The maximum absolute atomic E-state index is 13.1. The molecule has 7 heteroatoms. The first-order valence-electron chi connectivity index (χ1n) is 13.2. The SMILES string of the molecule is C=C(c1ccc(F)cc1)N(CCCC)/N=C(\C)c1ccc(F)cc1.C=C/C(C#N)=C\C=C(C)C.CCCNC=O. The van der Waals surface area contributed by atoms with Gasteiger partial charge >= 0.3 is 0 Å². The van der Waals surface area contributed by atoms with E-state index in [0.29, 0.717) is 24.2 Å². The van der Waals surface area contributed by atoms with Gasteiger partial charge in [-0.1, -0.05) is 63.3 Å². The number of benzene rings is 2. The number of nitrogens with zero attached hydrogens (tertiary/aromatic N) is 3. The van der Waals surface area contributed by atoms with Crippen molar-refractivity contribution in [3.8, 4) is 6.07 Å². The molecule has 0 radical (unpaired) electrons. The van der Waals surface area contributed by atoms with Crippen LogP contribution in [0.15, 0.2) is 96.2 Å². The van der Waals surface area contributed by atoms with Gasteiger partial charge in [0.1, 0.15) is 11.6 Å². The summed E-state index contributed by atoms with van der Waals surface area (Å²) < 4.78 is 26.2. The Balaban J connectivity index is 0.000000784. The molecular formula is C33H42F2N4O. The molecule has 0 bridgehead atoms. The summed E-state index contributed by atoms with van der Waals surface area (Å²) in [4.78, 5) is 9.45. The summed E-state index contributed by atoms with van der Waals surface area (Å²) in [5.74, 6) is -0.553. The van der Waals surface area contributed by atoms with E-state index < -0.39 is 0 Å². The number of carbonyl (C=O) groups excluding carboxylic acids is 1. The number of rotatable bonds is 12. The van der Waals surface area contributed by atoms with Crippen molar-refractivity contribution >= 4 is 17.8 Å². The van der Waals surface area contributed by atoms with Gasteiger partial charge in [-0.05, 0) is 87.2 Å². The Morgan fingerprint density at radius 1 is 0.975 bits per heavy atom. The average molecular weight is 549 g/mol. The number of unbranched alkanes of at least 4 members (excludes halogenated alkanes) is 1. The second kappa shape index (κ2) is 21.6. The van der Waals surface area contributed by atoms with E-state index in [9.17, 15) is 13.6 Å². The van der Waals surface area contributed by atoms with Crippen LogP contribution < -0.4 is 5.32 Å². The quantitative estimate of drug-likeness (QED) is 0.0726. The molecule has 1 amide bonds. The highest BCUT2D eigenvalue weighted by molar-refractivity contribution is 5.98. The van der Waals surface area contributed by atoms with Crippen LogP contribution >= 0.6 is 0 Å². The lowest BCUT2D eigenvalue weighted by Crippen LogP contribution is -2.19. The lowest BCUT2D eigenvalue weighted by atomic mass is 10.1. The average Bonchev–Trinajstić information content (AvgIpc) is 2.95. The molecule has 0 spiro atoms. The molecule has 0 atom stereocenters. The van der Waals surface area contributed by atoms with Gasteiger partial charge in [-0.15, -0.1) is 0 Å². The van der Waals surface area contributed by atoms with Gasteiger partial charge in [0.15, 0.2) is 0 Å².